The number of nitrogens with zero attached hydrogens (tertiary/aromatic N) is 2. The van der Waals surface area contributed by atoms with Gasteiger partial charge in [0.25, 0.3) is 0 Å². The van der Waals surface area contributed by atoms with E-state index in [9.17, 15) is 0 Å². The van der Waals surface area contributed by atoms with Crippen LogP contribution in [0.1, 0.15) is 31.2 Å². The van der Waals surface area contributed by atoms with Gasteiger partial charge in [0.2, 0.25) is 0 Å². The molecule has 0 aromatic heterocycles. The summed E-state index contributed by atoms with van der Waals surface area (Å²) in [5, 5.41) is 3.29. The molecule has 21 heavy (non-hydrogen) atoms. The van der Waals surface area contributed by atoms with Crippen LogP contribution < -0.4 is 10.2 Å². The van der Waals surface area contributed by atoms with Gasteiger partial charge in [0, 0.05) is 35.8 Å². The summed E-state index contributed by atoms with van der Waals surface area (Å²) in [5.41, 5.74) is 2.80. The van der Waals surface area contributed by atoms with Crippen molar-refractivity contribution in [1.82, 2.24) is 10.2 Å². The second kappa shape index (κ2) is 7.12. The zero-order valence-corrected chi connectivity index (χ0v) is 14.5. The number of piperidine rings is 1. The molecule has 0 bridgehead atoms. The first kappa shape index (κ1) is 15.3. The third-order valence-corrected chi connectivity index (χ3v) is 5.31. The van der Waals surface area contributed by atoms with Crippen LogP contribution in [0.15, 0.2) is 22.7 Å². The molecule has 4 heteroatoms. The minimum atomic E-state index is 0.761. The quantitative estimate of drug-likeness (QED) is 0.898. The van der Waals surface area contributed by atoms with Crippen LogP contribution in [0, 0.1) is 0 Å². The molecule has 1 N–H and O–H groups in total. The van der Waals surface area contributed by atoms with E-state index in [-0.39, 0.29) is 0 Å². The Bertz CT molecular complexity index is 471. The monoisotopic (exact) mass is 351 g/mol. The van der Waals surface area contributed by atoms with E-state index in [1.807, 2.05) is 7.05 Å². The van der Waals surface area contributed by atoms with Gasteiger partial charge in [-0.15, -0.1) is 0 Å². The molecule has 1 aromatic rings. The van der Waals surface area contributed by atoms with Crippen LogP contribution in [0.5, 0.6) is 0 Å². The van der Waals surface area contributed by atoms with Crippen LogP contribution >= 0.6 is 15.9 Å². The molecule has 2 heterocycles. The van der Waals surface area contributed by atoms with E-state index < -0.39 is 0 Å². The summed E-state index contributed by atoms with van der Waals surface area (Å²) in [4.78, 5) is 5.30. The standard InChI is InChI=1S/C17H26BrN3/c1-19-12-14-11-15(18)5-6-17(14)21-10-7-16(13-21)20-8-3-2-4-9-20/h5-6,11,16,19H,2-4,7-10,12-13H2,1H3. The number of nitrogens with one attached hydrogen (secondary N) is 1. The van der Waals surface area contributed by atoms with Gasteiger partial charge in [0.1, 0.15) is 0 Å². The highest BCUT2D eigenvalue weighted by molar-refractivity contribution is 9.10. The van der Waals surface area contributed by atoms with Crippen LogP contribution in [-0.4, -0.2) is 44.2 Å². The molecule has 0 saturated carbocycles. The maximum Gasteiger partial charge on any atom is 0.0413 e. The van der Waals surface area contributed by atoms with Gasteiger partial charge in [-0.1, -0.05) is 22.4 Å². The van der Waals surface area contributed by atoms with Crippen LogP contribution in [0.3, 0.4) is 0 Å². The fraction of sp³-hybridized carbons (Fsp3) is 0.647. The Balaban J connectivity index is 1.70. The van der Waals surface area contributed by atoms with E-state index in [1.165, 1.54) is 67.6 Å². The van der Waals surface area contributed by atoms with Crippen molar-refractivity contribution in [3.05, 3.63) is 28.2 Å². The number of hydrogen-bond donors (Lipinski definition) is 1. The van der Waals surface area contributed by atoms with Crippen molar-refractivity contribution >= 4 is 21.6 Å². The summed E-state index contributed by atoms with van der Waals surface area (Å²) in [6.07, 6.45) is 5.51. The van der Waals surface area contributed by atoms with Gasteiger partial charge < -0.3 is 10.2 Å². The van der Waals surface area contributed by atoms with Crippen molar-refractivity contribution in [1.29, 1.82) is 0 Å². The number of anilines is 1. The Morgan fingerprint density at radius 1 is 1.19 bits per heavy atom. The van der Waals surface area contributed by atoms with Gasteiger partial charge >= 0.3 is 0 Å². The lowest BCUT2D eigenvalue weighted by molar-refractivity contribution is 0.175. The highest BCUT2D eigenvalue weighted by Gasteiger charge is 2.29. The highest BCUT2D eigenvalue weighted by Crippen LogP contribution is 2.29. The zero-order valence-electron chi connectivity index (χ0n) is 12.9. The molecule has 0 amide bonds. The maximum absolute atomic E-state index is 3.59. The van der Waals surface area contributed by atoms with Crippen molar-refractivity contribution in [3.8, 4) is 0 Å². The topological polar surface area (TPSA) is 18.5 Å². The molecular weight excluding hydrogens is 326 g/mol. The predicted molar refractivity (Wildman–Crippen MR) is 92.9 cm³/mol. The molecule has 0 radical (unpaired) electrons. The molecule has 2 saturated heterocycles. The van der Waals surface area contributed by atoms with E-state index >= 15 is 0 Å². The minimum absolute atomic E-state index is 0.761. The van der Waals surface area contributed by atoms with E-state index in [0.29, 0.717) is 0 Å². The van der Waals surface area contributed by atoms with Crippen molar-refractivity contribution in [2.45, 2.75) is 38.3 Å². The van der Waals surface area contributed by atoms with Crippen LogP contribution in [0.2, 0.25) is 0 Å². The lowest BCUT2D eigenvalue weighted by atomic mass is 10.1. The van der Waals surface area contributed by atoms with E-state index in [4.69, 9.17) is 0 Å². The molecule has 0 aliphatic carbocycles. The molecule has 3 nitrogen and oxygen atoms in total. The molecule has 2 fully saturated rings. The first-order valence-corrected chi connectivity index (χ1v) is 8.99. The van der Waals surface area contributed by atoms with Gasteiger partial charge in [0.05, 0.1) is 0 Å². The number of hydrogen-bond acceptors (Lipinski definition) is 3. The normalized spacial score (nSPS) is 23.7. The molecule has 0 spiro atoms. The summed E-state index contributed by atoms with van der Waals surface area (Å²) < 4.78 is 1.17. The van der Waals surface area contributed by atoms with Crippen LogP contribution in [0.4, 0.5) is 5.69 Å². The lowest BCUT2D eigenvalue weighted by Crippen LogP contribution is -2.41. The van der Waals surface area contributed by atoms with Gasteiger partial charge in [-0.2, -0.15) is 0 Å². The van der Waals surface area contributed by atoms with Crippen molar-refractivity contribution in [2.24, 2.45) is 0 Å². The van der Waals surface area contributed by atoms with Crippen molar-refractivity contribution < 1.29 is 0 Å². The molecule has 2 aliphatic rings. The third kappa shape index (κ3) is 3.61. The summed E-state index contributed by atoms with van der Waals surface area (Å²) in [5.74, 6) is 0. The Morgan fingerprint density at radius 2 is 2.00 bits per heavy atom. The Hall–Kier alpha value is -0.580. The zero-order chi connectivity index (χ0) is 14.7. The van der Waals surface area contributed by atoms with Crippen molar-refractivity contribution in [2.75, 3.05) is 38.1 Å². The fourth-order valence-electron chi connectivity index (χ4n) is 3.74. The molecule has 116 valence electrons. The summed E-state index contributed by atoms with van der Waals surface area (Å²) >= 11 is 3.59. The fourth-order valence-corrected chi connectivity index (χ4v) is 4.15. The summed E-state index contributed by atoms with van der Waals surface area (Å²) in [6, 6.07) is 7.45. The first-order valence-electron chi connectivity index (χ1n) is 8.20. The average molecular weight is 352 g/mol. The highest BCUT2D eigenvalue weighted by atomic mass is 79.9. The summed E-state index contributed by atoms with van der Waals surface area (Å²) in [6.45, 7) is 5.93. The largest absolute Gasteiger partial charge is 0.370 e. The summed E-state index contributed by atoms with van der Waals surface area (Å²) in [7, 11) is 2.02. The van der Waals surface area contributed by atoms with E-state index in [2.05, 4.69) is 49.2 Å². The van der Waals surface area contributed by atoms with Gasteiger partial charge in [-0.3, -0.25) is 4.90 Å². The van der Waals surface area contributed by atoms with Gasteiger partial charge in [-0.25, -0.2) is 0 Å². The second-order valence-electron chi connectivity index (χ2n) is 6.29. The lowest BCUT2D eigenvalue weighted by Gasteiger charge is -2.32. The van der Waals surface area contributed by atoms with Crippen LogP contribution in [-0.2, 0) is 6.54 Å². The second-order valence-corrected chi connectivity index (χ2v) is 7.20. The molecule has 1 aromatic carbocycles. The third-order valence-electron chi connectivity index (χ3n) is 4.82. The van der Waals surface area contributed by atoms with Gasteiger partial charge in [0.15, 0.2) is 0 Å². The van der Waals surface area contributed by atoms with Crippen LogP contribution in [0.25, 0.3) is 0 Å². The molecule has 3 rings (SSSR count). The Morgan fingerprint density at radius 3 is 2.76 bits per heavy atom. The SMILES string of the molecule is CNCc1cc(Br)ccc1N1CCC(N2CCCCC2)C1. The Kier molecular flexibility index (Phi) is 5.19. The number of rotatable bonds is 4. The molecular formula is C17H26BrN3. The first-order chi connectivity index (χ1) is 10.3. The molecule has 1 atom stereocenters. The number of benzene rings is 1. The Labute approximate surface area is 136 Å². The maximum atomic E-state index is 3.59. The predicted octanol–water partition coefficient (Wildman–Crippen LogP) is 3.23. The molecule has 2 aliphatic heterocycles. The van der Waals surface area contributed by atoms with E-state index in [1.54, 1.807) is 0 Å². The average Bonchev–Trinajstić information content (AvgIpc) is 2.98. The van der Waals surface area contributed by atoms with E-state index in [0.717, 1.165) is 12.6 Å². The number of likely N-dealkylation sites (tertiary alicyclic amines) is 1. The molecule has 1 unspecified atom stereocenters. The number of halogens is 1. The van der Waals surface area contributed by atoms with Gasteiger partial charge in [-0.05, 0) is 63.2 Å². The smallest absolute Gasteiger partial charge is 0.0413 e. The minimum Gasteiger partial charge on any atom is -0.370 e. The van der Waals surface area contributed by atoms with Crippen molar-refractivity contribution in [3.63, 3.8) is 0 Å².